The average molecular weight is 494 g/mol. The zero-order valence-corrected chi connectivity index (χ0v) is 18.8. The number of alkyl halides is 3. The quantitative estimate of drug-likeness (QED) is 0.462. The summed E-state index contributed by atoms with van der Waals surface area (Å²) in [5, 5.41) is 4.07. The maximum atomic E-state index is 13.5. The molecule has 35 heavy (non-hydrogen) atoms. The number of hydrogen-bond donors (Lipinski definition) is 0. The molecular formula is C23H23F5N6O. The molecule has 12 heteroatoms. The maximum absolute atomic E-state index is 13.5. The largest absolute Gasteiger partial charge is 0.424 e. The molecule has 2 fully saturated rings. The predicted octanol–water partition coefficient (Wildman–Crippen LogP) is 4.71. The number of benzene rings is 1. The minimum atomic E-state index is -4.56. The van der Waals surface area contributed by atoms with E-state index in [1.165, 1.54) is 0 Å². The number of aryl methyl sites for hydroxylation is 1. The molecule has 5 rings (SSSR count). The van der Waals surface area contributed by atoms with Crippen LogP contribution in [0.2, 0.25) is 0 Å². The van der Waals surface area contributed by atoms with E-state index >= 15 is 0 Å². The van der Waals surface area contributed by atoms with Crippen molar-refractivity contribution in [3.05, 3.63) is 53.7 Å². The van der Waals surface area contributed by atoms with Gasteiger partial charge >= 0.3 is 12.2 Å². The van der Waals surface area contributed by atoms with Gasteiger partial charge in [0.25, 0.3) is 0 Å². The van der Waals surface area contributed by atoms with Crippen LogP contribution in [0, 0.1) is 36.3 Å². The first-order chi connectivity index (χ1) is 16.6. The fraction of sp³-hybridized carbons (Fsp3) is 0.478. The average Bonchev–Trinajstić information content (AvgIpc) is 3.24. The molecule has 1 aliphatic heterocycles. The number of fused-ring (bicyclic) bond motifs is 2. The van der Waals surface area contributed by atoms with Crippen LogP contribution in [0.5, 0.6) is 11.8 Å². The summed E-state index contributed by atoms with van der Waals surface area (Å²) in [5.74, 6) is -0.446. The summed E-state index contributed by atoms with van der Waals surface area (Å²) in [6.07, 6.45) is -0.582. The number of halogens is 5. The SMILES string of the molecule is Cc1cc(N2CC3CCC(C2)C3Cc2nc(Oc3ccc(F)c(F)c3)n(CC(F)(F)F)n2)ncn1. The lowest BCUT2D eigenvalue weighted by atomic mass is 9.82. The standard InChI is InChI=1S/C23H23F5N6O/c1-13-6-21(30-12-29-13)33-9-14-2-3-15(10-33)17(14)8-20-31-22(34(32-20)11-23(26,27)28)35-16-4-5-18(24)19(25)7-16/h4-7,12,14-15,17H,2-3,8-11H2,1H3. The van der Waals surface area contributed by atoms with Crippen LogP contribution in [0.1, 0.15) is 24.4 Å². The highest BCUT2D eigenvalue weighted by molar-refractivity contribution is 5.40. The summed E-state index contributed by atoms with van der Waals surface area (Å²) in [6.45, 7) is 2.09. The molecule has 0 spiro atoms. The number of ether oxygens (including phenoxy) is 1. The summed E-state index contributed by atoms with van der Waals surface area (Å²) in [5.41, 5.74) is 0.887. The molecule has 1 saturated carbocycles. The van der Waals surface area contributed by atoms with E-state index in [-0.39, 0.29) is 17.5 Å². The molecule has 0 N–H and O–H groups in total. The number of piperidine rings is 1. The number of hydrogen-bond acceptors (Lipinski definition) is 6. The van der Waals surface area contributed by atoms with Gasteiger partial charge in [0.05, 0.1) is 0 Å². The topological polar surface area (TPSA) is 69.0 Å². The maximum Gasteiger partial charge on any atom is 0.408 e. The van der Waals surface area contributed by atoms with Crippen molar-refractivity contribution < 1.29 is 26.7 Å². The van der Waals surface area contributed by atoms with Crippen LogP contribution in [-0.2, 0) is 13.0 Å². The van der Waals surface area contributed by atoms with Crippen molar-refractivity contribution in [3.63, 3.8) is 0 Å². The predicted molar refractivity (Wildman–Crippen MR) is 115 cm³/mol. The van der Waals surface area contributed by atoms with Gasteiger partial charge in [0, 0.05) is 37.3 Å². The van der Waals surface area contributed by atoms with E-state index in [0.717, 1.165) is 55.6 Å². The highest BCUT2D eigenvalue weighted by atomic mass is 19.4. The summed E-state index contributed by atoms with van der Waals surface area (Å²) in [4.78, 5) is 15.0. The monoisotopic (exact) mass is 494 g/mol. The highest BCUT2D eigenvalue weighted by Crippen LogP contribution is 2.44. The van der Waals surface area contributed by atoms with Gasteiger partial charge in [-0.2, -0.15) is 23.3 Å². The molecule has 1 aliphatic carbocycles. The fourth-order valence-corrected chi connectivity index (χ4v) is 5.13. The molecule has 2 atom stereocenters. The molecule has 2 unspecified atom stereocenters. The van der Waals surface area contributed by atoms with Crippen LogP contribution in [-0.4, -0.2) is 44.0 Å². The van der Waals surface area contributed by atoms with E-state index in [2.05, 4.69) is 25.0 Å². The molecule has 0 radical (unpaired) electrons. The van der Waals surface area contributed by atoms with Crippen molar-refractivity contribution in [1.29, 1.82) is 0 Å². The van der Waals surface area contributed by atoms with Gasteiger partial charge in [-0.05, 0) is 49.7 Å². The molecule has 2 aromatic heterocycles. The molecule has 7 nitrogen and oxygen atoms in total. The Hall–Kier alpha value is -3.31. The lowest BCUT2D eigenvalue weighted by molar-refractivity contribution is -0.143. The third kappa shape index (κ3) is 5.20. The first kappa shape index (κ1) is 23.4. The van der Waals surface area contributed by atoms with Crippen molar-refractivity contribution in [1.82, 2.24) is 24.7 Å². The Morgan fingerprint density at radius 2 is 1.77 bits per heavy atom. The molecule has 3 heterocycles. The van der Waals surface area contributed by atoms with Crippen LogP contribution in [0.3, 0.4) is 0 Å². The van der Waals surface area contributed by atoms with Crippen LogP contribution in [0.25, 0.3) is 0 Å². The second kappa shape index (κ2) is 9.04. The normalized spacial score (nSPS) is 22.0. The second-order valence-electron chi connectivity index (χ2n) is 9.15. The Morgan fingerprint density at radius 3 is 2.43 bits per heavy atom. The summed E-state index contributed by atoms with van der Waals surface area (Å²) in [6, 6.07) is 4.24. The van der Waals surface area contributed by atoms with E-state index in [0.29, 0.717) is 22.9 Å². The zero-order valence-electron chi connectivity index (χ0n) is 18.8. The van der Waals surface area contributed by atoms with Gasteiger partial charge < -0.3 is 9.64 Å². The first-order valence-corrected chi connectivity index (χ1v) is 11.3. The van der Waals surface area contributed by atoms with Gasteiger partial charge in [0.15, 0.2) is 17.5 Å². The van der Waals surface area contributed by atoms with Crippen LogP contribution < -0.4 is 9.64 Å². The number of nitrogens with zero attached hydrogens (tertiary/aromatic N) is 6. The molecule has 2 bridgehead atoms. The van der Waals surface area contributed by atoms with Crippen molar-refractivity contribution >= 4 is 5.82 Å². The first-order valence-electron chi connectivity index (χ1n) is 11.3. The molecule has 1 aromatic carbocycles. The van der Waals surface area contributed by atoms with E-state index < -0.39 is 30.4 Å². The Bertz CT molecular complexity index is 1200. The smallest absolute Gasteiger partial charge is 0.408 e. The van der Waals surface area contributed by atoms with E-state index in [9.17, 15) is 22.0 Å². The van der Waals surface area contributed by atoms with E-state index in [1.54, 1.807) is 6.33 Å². The van der Waals surface area contributed by atoms with E-state index in [1.807, 2.05) is 13.0 Å². The number of rotatable bonds is 6. The van der Waals surface area contributed by atoms with Crippen molar-refractivity contribution in [2.75, 3.05) is 18.0 Å². The molecule has 186 valence electrons. The van der Waals surface area contributed by atoms with Gasteiger partial charge in [-0.25, -0.2) is 23.4 Å². The minimum absolute atomic E-state index is 0.167. The lowest BCUT2D eigenvalue weighted by Crippen LogP contribution is -2.43. The zero-order chi connectivity index (χ0) is 24.7. The van der Waals surface area contributed by atoms with Crippen molar-refractivity contribution in [2.45, 2.75) is 38.9 Å². The Labute approximate surface area is 198 Å². The van der Waals surface area contributed by atoms with Crippen LogP contribution in [0.4, 0.5) is 27.8 Å². The van der Waals surface area contributed by atoms with Gasteiger partial charge in [-0.1, -0.05) is 0 Å². The van der Waals surface area contributed by atoms with Gasteiger partial charge in [-0.15, -0.1) is 0 Å². The van der Waals surface area contributed by atoms with Gasteiger partial charge in [0.1, 0.15) is 24.4 Å². The highest BCUT2D eigenvalue weighted by Gasteiger charge is 2.43. The number of aromatic nitrogens is 5. The molecule has 3 aromatic rings. The van der Waals surface area contributed by atoms with Gasteiger partial charge in [0.2, 0.25) is 0 Å². The molecule has 0 amide bonds. The molecular weight excluding hydrogens is 471 g/mol. The third-order valence-corrected chi connectivity index (χ3v) is 6.67. The Morgan fingerprint density at radius 1 is 1.03 bits per heavy atom. The molecule has 1 saturated heterocycles. The summed E-state index contributed by atoms with van der Waals surface area (Å²) in [7, 11) is 0. The van der Waals surface area contributed by atoms with Gasteiger partial charge in [-0.3, -0.25) is 0 Å². The van der Waals surface area contributed by atoms with E-state index in [4.69, 9.17) is 4.74 Å². The van der Waals surface area contributed by atoms with Crippen molar-refractivity contribution in [2.24, 2.45) is 17.8 Å². The Balaban J connectivity index is 1.34. The van der Waals surface area contributed by atoms with Crippen molar-refractivity contribution in [3.8, 4) is 11.8 Å². The van der Waals surface area contributed by atoms with Crippen LogP contribution >= 0.6 is 0 Å². The summed E-state index contributed by atoms with van der Waals surface area (Å²) < 4.78 is 72.2. The molecule has 2 aliphatic rings. The second-order valence-corrected chi connectivity index (χ2v) is 9.15. The van der Waals surface area contributed by atoms with Crippen LogP contribution in [0.15, 0.2) is 30.6 Å². The number of anilines is 1. The lowest BCUT2D eigenvalue weighted by Gasteiger charge is -2.38. The third-order valence-electron chi connectivity index (χ3n) is 6.67. The Kier molecular flexibility index (Phi) is 6.06. The fourth-order valence-electron chi connectivity index (χ4n) is 5.13. The summed E-state index contributed by atoms with van der Waals surface area (Å²) >= 11 is 0. The minimum Gasteiger partial charge on any atom is -0.424 e.